The van der Waals surface area contributed by atoms with Crippen molar-refractivity contribution in [2.75, 3.05) is 0 Å². The van der Waals surface area contributed by atoms with Crippen molar-refractivity contribution >= 4 is 22.5 Å². The number of nitrogens with zero attached hydrogens (tertiary/aromatic N) is 4. The molecular weight excluding hydrogens is 450 g/mol. The first-order valence-electron chi connectivity index (χ1n) is 11.1. The number of aromatic nitrogens is 4. The number of carbonyl (C=O) groups is 1. The number of aliphatic hydroxyl groups is 1. The predicted octanol–water partition coefficient (Wildman–Crippen LogP) is 2.13. The third-order valence-electron chi connectivity index (χ3n) is 5.87. The van der Waals surface area contributed by atoms with E-state index in [1.54, 1.807) is 30.3 Å². The zero-order valence-corrected chi connectivity index (χ0v) is 18.7. The largest absolute Gasteiger partial charge is 0.470 e. The van der Waals surface area contributed by atoms with E-state index < -0.39 is 0 Å². The summed E-state index contributed by atoms with van der Waals surface area (Å²) < 4.78 is 12.0. The minimum atomic E-state index is -0.355. The molecule has 0 bridgehead atoms. The van der Waals surface area contributed by atoms with Crippen molar-refractivity contribution in [3.05, 3.63) is 76.9 Å². The summed E-state index contributed by atoms with van der Waals surface area (Å²) in [7, 11) is 0. The maximum absolute atomic E-state index is 12.3. The second-order valence-electron chi connectivity index (χ2n) is 8.22. The summed E-state index contributed by atoms with van der Waals surface area (Å²) in [5, 5.41) is 38.5. The molecule has 0 aliphatic heterocycles. The molecule has 178 valence electrons. The molecule has 3 aromatic heterocycles. The Labute approximate surface area is 199 Å². The SMILES string of the molecule is N=C(c1cc(CO)on1)n1nc(OCc2ccc(C(=O)NC3CCC3)cn2)c2ccccc2c1=N. The maximum atomic E-state index is 12.3. The lowest BCUT2D eigenvalue weighted by molar-refractivity contribution is 0.0916. The average Bonchev–Trinajstić information content (AvgIpc) is 3.35. The van der Waals surface area contributed by atoms with Crippen LogP contribution in [0.25, 0.3) is 10.8 Å². The van der Waals surface area contributed by atoms with E-state index >= 15 is 0 Å². The standard InChI is InChI=1S/C24H23N7O4/c25-21-18-6-1-2-7-19(18)24(29-31(21)22(26)20-10-17(12-32)35-30-20)34-13-16-9-8-14(11-27-16)23(33)28-15-4-3-5-15/h1-2,6-11,15,25-26,32H,3-5,12-13H2,(H,28,33). The first kappa shape index (κ1) is 22.4. The molecule has 1 amide bonds. The summed E-state index contributed by atoms with van der Waals surface area (Å²) in [5.41, 5.74) is 1.19. The van der Waals surface area contributed by atoms with Crippen LogP contribution in [0.4, 0.5) is 0 Å². The van der Waals surface area contributed by atoms with Crippen molar-refractivity contribution in [1.29, 1.82) is 10.8 Å². The Kier molecular flexibility index (Phi) is 6.06. The molecule has 1 aromatic carbocycles. The molecule has 0 spiro atoms. The predicted molar refractivity (Wildman–Crippen MR) is 124 cm³/mol. The van der Waals surface area contributed by atoms with E-state index in [-0.39, 0.29) is 53.8 Å². The van der Waals surface area contributed by atoms with Gasteiger partial charge in [-0.3, -0.25) is 20.6 Å². The van der Waals surface area contributed by atoms with E-state index in [1.165, 1.54) is 12.3 Å². The van der Waals surface area contributed by atoms with Crippen LogP contribution >= 0.6 is 0 Å². The molecule has 1 fully saturated rings. The molecule has 11 heteroatoms. The van der Waals surface area contributed by atoms with Crippen molar-refractivity contribution in [2.45, 2.75) is 38.5 Å². The number of amides is 1. The number of hydrogen-bond donors (Lipinski definition) is 4. The van der Waals surface area contributed by atoms with E-state index in [2.05, 4.69) is 20.6 Å². The van der Waals surface area contributed by atoms with Crippen LogP contribution in [0.5, 0.6) is 5.88 Å². The molecule has 0 unspecified atom stereocenters. The van der Waals surface area contributed by atoms with Crippen LogP contribution in [0.3, 0.4) is 0 Å². The van der Waals surface area contributed by atoms with Crippen LogP contribution in [-0.4, -0.2) is 42.8 Å². The zero-order valence-electron chi connectivity index (χ0n) is 18.7. The monoisotopic (exact) mass is 473 g/mol. The summed E-state index contributed by atoms with van der Waals surface area (Å²) in [6, 6.07) is 12.2. The van der Waals surface area contributed by atoms with Gasteiger partial charge in [-0.2, -0.15) is 4.68 Å². The van der Waals surface area contributed by atoms with Gasteiger partial charge >= 0.3 is 0 Å². The van der Waals surface area contributed by atoms with E-state index in [0.717, 1.165) is 23.9 Å². The van der Waals surface area contributed by atoms with Crippen molar-refractivity contribution < 1.29 is 19.2 Å². The fourth-order valence-corrected chi connectivity index (χ4v) is 3.67. The second-order valence-corrected chi connectivity index (χ2v) is 8.22. The molecule has 1 aliphatic carbocycles. The Morgan fingerprint density at radius 1 is 1.23 bits per heavy atom. The van der Waals surface area contributed by atoms with Crippen LogP contribution in [-0.2, 0) is 13.2 Å². The molecule has 5 rings (SSSR count). The molecule has 11 nitrogen and oxygen atoms in total. The van der Waals surface area contributed by atoms with E-state index in [9.17, 15) is 9.90 Å². The highest BCUT2D eigenvalue weighted by Crippen LogP contribution is 2.22. The summed E-state index contributed by atoms with van der Waals surface area (Å²) in [6.07, 6.45) is 4.69. The van der Waals surface area contributed by atoms with Gasteiger partial charge in [0.15, 0.2) is 22.8 Å². The highest BCUT2D eigenvalue weighted by Gasteiger charge is 2.20. The lowest BCUT2D eigenvalue weighted by Crippen LogP contribution is -2.39. The van der Waals surface area contributed by atoms with E-state index in [0.29, 0.717) is 22.0 Å². The number of hydrogen-bond acceptors (Lipinski definition) is 9. The maximum Gasteiger partial charge on any atom is 0.253 e. The quantitative estimate of drug-likeness (QED) is 0.236. The molecular formula is C24H23N7O4. The molecule has 1 aliphatic rings. The number of rotatable bonds is 7. The van der Waals surface area contributed by atoms with E-state index in [1.807, 2.05) is 6.07 Å². The van der Waals surface area contributed by atoms with Gasteiger partial charge in [0.05, 0.1) is 11.3 Å². The van der Waals surface area contributed by atoms with Gasteiger partial charge in [0.1, 0.15) is 13.2 Å². The normalized spacial score (nSPS) is 13.4. The Balaban J connectivity index is 1.38. The Morgan fingerprint density at radius 2 is 2.03 bits per heavy atom. The van der Waals surface area contributed by atoms with Gasteiger partial charge in [-0.25, -0.2) is 0 Å². The Hall–Kier alpha value is -4.38. The van der Waals surface area contributed by atoms with Crippen LogP contribution in [0.1, 0.15) is 46.8 Å². The molecule has 35 heavy (non-hydrogen) atoms. The smallest absolute Gasteiger partial charge is 0.253 e. The molecule has 1 saturated carbocycles. The topological polar surface area (TPSA) is 163 Å². The van der Waals surface area contributed by atoms with Crippen molar-refractivity contribution in [3.8, 4) is 5.88 Å². The highest BCUT2D eigenvalue weighted by atomic mass is 16.5. The molecule has 4 aromatic rings. The molecule has 4 N–H and O–H groups in total. The van der Waals surface area contributed by atoms with Crippen LogP contribution in [0, 0.1) is 10.8 Å². The number of benzene rings is 1. The van der Waals surface area contributed by atoms with Gasteiger partial charge in [0, 0.05) is 29.1 Å². The minimum absolute atomic E-state index is 0.0218. The number of carbonyl (C=O) groups excluding carboxylic acids is 1. The minimum Gasteiger partial charge on any atom is -0.470 e. The third-order valence-corrected chi connectivity index (χ3v) is 5.87. The van der Waals surface area contributed by atoms with Gasteiger partial charge in [0.25, 0.3) is 5.91 Å². The van der Waals surface area contributed by atoms with Crippen LogP contribution in [0.2, 0.25) is 0 Å². The Morgan fingerprint density at radius 3 is 2.69 bits per heavy atom. The van der Waals surface area contributed by atoms with Crippen molar-refractivity contribution in [3.63, 3.8) is 0 Å². The summed E-state index contributed by atoms with van der Waals surface area (Å²) in [4.78, 5) is 16.6. The van der Waals surface area contributed by atoms with Gasteiger partial charge in [-0.15, -0.1) is 5.10 Å². The van der Waals surface area contributed by atoms with E-state index in [4.69, 9.17) is 20.1 Å². The molecule has 0 saturated heterocycles. The van der Waals surface area contributed by atoms with Crippen LogP contribution in [0.15, 0.2) is 53.2 Å². The van der Waals surface area contributed by atoms with Crippen LogP contribution < -0.4 is 15.5 Å². The first-order chi connectivity index (χ1) is 17.0. The number of aliphatic hydroxyl groups excluding tert-OH is 1. The fraction of sp³-hybridized carbons (Fsp3) is 0.250. The van der Waals surface area contributed by atoms with Gasteiger partial charge in [0.2, 0.25) is 5.88 Å². The van der Waals surface area contributed by atoms with Crippen molar-refractivity contribution in [2.24, 2.45) is 0 Å². The van der Waals surface area contributed by atoms with Gasteiger partial charge < -0.3 is 19.7 Å². The summed E-state index contributed by atoms with van der Waals surface area (Å²) in [6.45, 7) is -0.281. The number of nitrogens with one attached hydrogen (secondary N) is 3. The molecule has 0 radical (unpaired) electrons. The summed E-state index contributed by atoms with van der Waals surface area (Å²) in [5.74, 6) is 0.0741. The number of ether oxygens (including phenoxy) is 1. The zero-order chi connectivity index (χ0) is 24.4. The Bertz CT molecular complexity index is 1460. The fourth-order valence-electron chi connectivity index (χ4n) is 3.67. The number of fused-ring (bicyclic) bond motifs is 1. The highest BCUT2D eigenvalue weighted by molar-refractivity contribution is 5.97. The van der Waals surface area contributed by atoms with Gasteiger partial charge in [-0.05, 0) is 37.5 Å². The number of pyridine rings is 1. The van der Waals surface area contributed by atoms with Gasteiger partial charge in [-0.1, -0.05) is 23.4 Å². The lowest BCUT2D eigenvalue weighted by atomic mass is 9.93. The summed E-state index contributed by atoms with van der Waals surface area (Å²) >= 11 is 0. The lowest BCUT2D eigenvalue weighted by Gasteiger charge is -2.26. The molecule has 0 atom stereocenters. The third kappa shape index (κ3) is 4.53. The second kappa shape index (κ2) is 9.47. The van der Waals surface area contributed by atoms with Crippen molar-refractivity contribution in [1.82, 2.24) is 25.2 Å². The molecule has 3 heterocycles. The first-order valence-corrected chi connectivity index (χ1v) is 11.1. The average molecular weight is 473 g/mol.